The van der Waals surface area contributed by atoms with E-state index in [1.165, 1.54) is 73.1 Å². The third-order valence-electron chi connectivity index (χ3n) is 5.13. The lowest BCUT2D eigenvalue weighted by Crippen LogP contribution is -2.28. The molecule has 0 amide bonds. The van der Waals surface area contributed by atoms with Gasteiger partial charge in [-0.3, -0.25) is 0 Å². The number of allylic oxidation sites excluding steroid dienone is 1. The lowest BCUT2D eigenvalue weighted by molar-refractivity contribution is -0.672. The summed E-state index contributed by atoms with van der Waals surface area (Å²) in [6, 6.07) is 11.4. The summed E-state index contributed by atoms with van der Waals surface area (Å²) in [7, 11) is 2.11. The highest BCUT2D eigenvalue weighted by Crippen LogP contribution is 2.31. The van der Waals surface area contributed by atoms with E-state index < -0.39 is 0 Å². The first kappa shape index (κ1) is 14.5. The summed E-state index contributed by atoms with van der Waals surface area (Å²) in [6.45, 7) is 2.43. The van der Waals surface area contributed by atoms with Crippen molar-refractivity contribution in [1.29, 1.82) is 0 Å². The van der Waals surface area contributed by atoms with Crippen LogP contribution >= 0.6 is 0 Å². The van der Waals surface area contributed by atoms with Crippen LogP contribution in [-0.2, 0) is 13.5 Å². The Hall–Kier alpha value is -2.09. The molecule has 1 aliphatic carbocycles. The van der Waals surface area contributed by atoms with Crippen molar-refractivity contribution in [3.05, 3.63) is 59.4 Å². The first-order valence-corrected chi connectivity index (χ1v) is 8.84. The molecule has 1 aromatic carbocycles. The highest BCUT2D eigenvalue weighted by atomic mass is 15.1. The molecule has 2 nitrogen and oxygen atoms in total. The first-order chi connectivity index (χ1) is 11.3. The third-order valence-corrected chi connectivity index (χ3v) is 5.13. The number of fused-ring (bicyclic) bond motifs is 1. The number of aromatic nitrogens is 1. The second kappa shape index (κ2) is 6.19. The summed E-state index contributed by atoms with van der Waals surface area (Å²) in [5, 5.41) is 0. The zero-order valence-corrected chi connectivity index (χ0v) is 14.0. The second-order valence-corrected chi connectivity index (χ2v) is 6.86. The lowest BCUT2D eigenvalue weighted by atomic mass is 9.87. The van der Waals surface area contributed by atoms with E-state index in [1.807, 2.05) is 0 Å². The molecule has 2 aromatic rings. The molecule has 4 rings (SSSR count). The molecule has 1 saturated heterocycles. The van der Waals surface area contributed by atoms with E-state index in [4.69, 9.17) is 0 Å². The van der Waals surface area contributed by atoms with Crippen LogP contribution in [0.4, 0.5) is 5.69 Å². The Kier molecular flexibility index (Phi) is 3.90. The quantitative estimate of drug-likeness (QED) is 0.761. The van der Waals surface area contributed by atoms with Crippen LogP contribution in [0.5, 0.6) is 0 Å². The minimum Gasteiger partial charge on any atom is -0.372 e. The average molecular weight is 305 g/mol. The summed E-state index contributed by atoms with van der Waals surface area (Å²) in [4.78, 5) is 2.49. The van der Waals surface area contributed by atoms with Crippen LogP contribution in [0, 0.1) is 0 Å². The van der Waals surface area contributed by atoms with Crippen molar-refractivity contribution in [1.82, 2.24) is 0 Å². The molecule has 2 heterocycles. The molecule has 0 radical (unpaired) electrons. The Morgan fingerprint density at radius 1 is 0.957 bits per heavy atom. The monoisotopic (exact) mass is 305 g/mol. The maximum absolute atomic E-state index is 2.49. The predicted octanol–water partition coefficient (Wildman–Crippen LogP) is 3.99. The highest BCUT2D eigenvalue weighted by molar-refractivity contribution is 5.83. The van der Waals surface area contributed by atoms with E-state index in [-0.39, 0.29) is 0 Å². The number of benzene rings is 1. The van der Waals surface area contributed by atoms with Crippen LogP contribution in [0.25, 0.3) is 11.6 Å². The van der Waals surface area contributed by atoms with Gasteiger partial charge in [0.15, 0.2) is 12.4 Å². The molecular formula is C21H25N2+. The molecule has 1 aromatic heterocycles. The van der Waals surface area contributed by atoms with Crippen molar-refractivity contribution in [2.75, 3.05) is 18.0 Å². The molecule has 0 N–H and O–H groups in total. The molecule has 2 aliphatic rings. The van der Waals surface area contributed by atoms with E-state index in [0.717, 1.165) is 0 Å². The van der Waals surface area contributed by atoms with Crippen molar-refractivity contribution in [3.63, 3.8) is 0 Å². The minimum atomic E-state index is 1.19. The van der Waals surface area contributed by atoms with E-state index in [1.54, 1.807) is 0 Å². The number of hydrogen-bond donors (Lipinski definition) is 0. The van der Waals surface area contributed by atoms with Gasteiger partial charge in [-0.05, 0) is 60.9 Å². The summed E-state index contributed by atoms with van der Waals surface area (Å²) in [5.74, 6) is 0. The molecular weight excluding hydrogens is 280 g/mol. The molecule has 0 unspecified atom stereocenters. The molecule has 0 atom stereocenters. The summed E-state index contributed by atoms with van der Waals surface area (Å²) < 4.78 is 2.16. The van der Waals surface area contributed by atoms with Gasteiger partial charge in [-0.15, -0.1) is 0 Å². The molecule has 1 aliphatic heterocycles. The fraction of sp³-hybridized carbons (Fsp3) is 0.381. The molecule has 2 heteroatoms. The van der Waals surface area contributed by atoms with Gasteiger partial charge >= 0.3 is 0 Å². The maximum atomic E-state index is 2.49. The summed E-state index contributed by atoms with van der Waals surface area (Å²) in [5.41, 5.74) is 7.12. The Bertz CT molecular complexity index is 722. The second-order valence-electron chi connectivity index (χ2n) is 6.86. The van der Waals surface area contributed by atoms with Crippen LogP contribution in [0.1, 0.15) is 42.4 Å². The zero-order valence-electron chi connectivity index (χ0n) is 14.0. The molecule has 23 heavy (non-hydrogen) atoms. The van der Waals surface area contributed by atoms with Crippen LogP contribution in [0.3, 0.4) is 0 Å². The van der Waals surface area contributed by atoms with Gasteiger partial charge in [0.25, 0.3) is 0 Å². The molecule has 0 spiro atoms. The largest absolute Gasteiger partial charge is 0.372 e. The number of hydrogen-bond acceptors (Lipinski definition) is 1. The minimum absolute atomic E-state index is 1.19. The predicted molar refractivity (Wildman–Crippen MR) is 96.3 cm³/mol. The van der Waals surface area contributed by atoms with Gasteiger partial charge in [0.2, 0.25) is 0 Å². The average Bonchev–Trinajstić information content (AvgIpc) is 3.10. The first-order valence-electron chi connectivity index (χ1n) is 8.84. The molecule has 0 saturated carbocycles. The van der Waals surface area contributed by atoms with Gasteiger partial charge in [-0.2, -0.15) is 0 Å². The number of rotatable bonds is 2. The SMILES string of the molecule is C[n+]1ccc2c(c1)CCC/C2=C\c1ccc(N2CCCC2)cc1. The number of aryl methyl sites for hydroxylation is 2. The Morgan fingerprint density at radius 3 is 2.52 bits per heavy atom. The standard InChI is InChI=1S/C21H25N2/c1-22-14-11-21-18(5-4-6-19(21)16-22)15-17-7-9-20(10-8-17)23-12-2-3-13-23/h7-11,14-16H,2-6,12-13H2,1H3/q+1. The van der Waals surface area contributed by atoms with Crippen LogP contribution in [0.15, 0.2) is 42.7 Å². The molecule has 1 fully saturated rings. The van der Waals surface area contributed by atoms with Gasteiger partial charge in [-0.25, -0.2) is 4.57 Å². The van der Waals surface area contributed by atoms with E-state index >= 15 is 0 Å². The van der Waals surface area contributed by atoms with Gasteiger partial charge in [0, 0.05) is 30.4 Å². The maximum Gasteiger partial charge on any atom is 0.172 e. The van der Waals surface area contributed by atoms with Crippen LogP contribution in [0.2, 0.25) is 0 Å². The van der Waals surface area contributed by atoms with Crippen LogP contribution < -0.4 is 9.47 Å². The van der Waals surface area contributed by atoms with Crippen molar-refractivity contribution >= 4 is 17.3 Å². The van der Waals surface area contributed by atoms with Crippen molar-refractivity contribution in [2.45, 2.75) is 32.1 Å². The molecule has 0 bridgehead atoms. The van der Waals surface area contributed by atoms with E-state index in [0.29, 0.717) is 0 Å². The topological polar surface area (TPSA) is 7.12 Å². The normalized spacial score (nSPS) is 19.2. The lowest BCUT2D eigenvalue weighted by Gasteiger charge is -2.19. The van der Waals surface area contributed by atoms with Crippen molar-refractivity contribution in [2.24, 2.45) is 7.05 Å². The van der Waals surface area contributed by atoms with E-state index in [2.05, 4.69) is 65.3 Å². The van der Waals surface area contributed by atoms with Gasteiger partial charge in [-0.1, -0.05) is 18.2 Å². The number of anilines is 1. The summed E-state index contributed by atoms with van der Waals surface area (Å²) >= 11 is 0. The zero-order chi connectivity index (χ0) is 15.6. The number of nitrogens with zero attached hydrogens (tertiary/aromatic N) is 2. The fourth-order valence-corrected chi connectivity index (χ4v) is 3.88. The molecule has 118 valence electrons. The Labute approximate surface area is 139 Å². The van der Waals surface area contributed by atoms with Crippen molar-refractivity contribution in [3.8, 4) is 0 Å². The summed E-state index contributed by atoms with van der Waals surface area (Å²) in [6.07, 6.45) is 13.1. The van der Waals surface area contributed by atoms with Crippen molar-refractivity contribution < 1.29 is 4.57 Å². The Morgan fingerprint density at radius 2 is 1.74 bits per heavy atom. The smallest absolute Gasteiger partial charge is 0.172 e. The van der Waals surface area contributed by atoms with Gasteiger partial charge in [0.1, 0.15) is 7.05 Å². The highest BCUT2D eigenvalue weighted by Gasteiger charge is 2.17. The fourth-order valence-electron chi connectivity index (χ4n) is 3.88. The van der Waals surface area contributed by atoms with Gasteiger partial charge < -0.3 is 4.90 Å². The van der Waals surface area contributed by atoms with Gasteiger partial charge in [0.05, 0.1) is 0 Å². The third kappa shape index (κ3) is 3.03. The van der Waals surface area contributed by atoms with Crippen LogP contribution in [-0.4, -0.2) is 13.1 Å². The van der Waals surface area contributed by atoms with E-state index in [9.17, 15) is 0 Å². The Balaban J connectivity index is 1.61. The number of pyridine rings is 1.